The molecule has 0 bridgehead atoms. The average Bonchev–Trinajstić information content (AvgIpc) is 3.31. The van der Waals surface area contributed by atoms with Crippen LogP contribution in [0.5, 0.6) is 0 Å². The molecule has 37 heavy (non-hydrogen) atoms. The summed E-state index contributed by atoms with van der Waals surface area (Å²) in [6.07, 6.45) is 2.21. The van der Waals surface area contributed by atoms with Gasteiger partial charge in [-0.3, -0.25) is 9.91 Å². The van der Waals surface area contributed by atoms with E-state index >= 15 is 0 Å². The number of hydrogen-bond donors (Lipinski definition) is 0. The van der Waals surface area contributed by atoms with Crippen molar-refractivity contribution in [2.75, 3.05) is 18.1 Å². The maximum atomic E-state index is 6.82. The summed E-state index contributed by atoms with van der Waals surface area (Å²) < 4.78 is 0. The number of halogens is 2. The van der Waals surface area contributed by atoms with Crippen LogP contribution in [0, 0.1) is 5.92 Å². The number of rotatable bonds is 5. The molecule has 1 fully saturated rings. The Morgan fingerprint density at radius 1 is 0.757 bits per heavy atom. The second-order valence-corrected chi connectivity index (χ2v) is 10.4. The third kappa shape index (κ3) is 4.95. The first kappa shape index (κ1) is 24.0. The fraction of sp³-hybridized carbons (Fsp3) is 0.156. The van der Waals surface area contributed by atoms with Gasteiger partial charge >= 0.3 is 0 Å². The summed E-state index contributed by atoms with van der Waals surface area (Å²) in [7, 11) is 0. The zero-order chi connectivity index (χ0) is 25.2. The average molecular weight is 524 g/mol. The van der Waals surface area contributed by atoms with Crippen molar-refractivity contribution in [3.05, 3.63) is 142 Å². The Balaban J connectivity index is 1.47. The van der Waals surface area contributed by atoms with Gasteiger partial charge in [-0.1, -0.05) is 108 Å². The van der Waals surface area contributed by atoms with Gasteiger partial charge in [-0.2, -0.15) is 5.10 Å². The van der Waals surface area contributed by atoms with Crippen LogP contribution in [0.1, 0.15) is 22.7 Å². The van der Waals surface area contributed by atoms with Crippen LogP contribution >= 0.6 is 23.2 Å². The number of piperidine rings is 1. The molecule has 0 spiro atoms. The quantitative estimate of drug-likeness (QED) is 0.263. The third-order valence-electron chi connectivity index (χ3n) is 7.12. The van der Waals surface area contributed by atoms with E-state index in [1.54, 1.807) is 0 Å². The van der Waals surface area contributed by atoms with Gasteiger partial charge in [0.2, 0.25) is 0 Å². The standard InChI is InChI=1S/C32H27Cl2N3/c33-29-17-9-7-13-24(29)19-25-21-36(20-23-11-3-1-4-12-23)22-28-31(25)35-37(26-14-5-2-6-15-26)32(28)27-16-8-10-18-30(27)34/h1-19,28,32H,20-22H2. The van der Waals surface area contributed by atoms with E-state index in [1.165, 1.54) is 11.1 Å². The Bertz CT molecular complexity index is 1450. The summed E-state index contributed by atoms with van der Waals surface area (Å²) in [4.78, 5) is 2.51. The van der Waals surface area contributed by atoms with Crippen molar-refractivity contribution in [2.24, 2.45) is 11.0 Å². The lowest BCUT2D eigenvalue weighted by Crippen LogP contribution is -2.43. The number of fused-ring (bicyclic) bond motifs is 1. The topological polar surface area (TPSA) is 18.8 Å². The van der Waals surface area contributed by atoms with Gasteiger partial charge in [0.15, 0.2) is 0 Å². The van der Waals surface area contributed by atoms with Gasteiger partial charge < -0.3 is 0 Å². The Morgan fingerprint density at radius 2 is 1.41 bits per heavy atom. The number of hydrogen-bond acceptors (Lipinski definition) is 3. The minimum Gasteiger partial charge on any atom is -0.294 e. The highest BCUT2D eigenvalue weighted by molar-refractivity contribution is 6.32. The number of likely N-dealkylation sites (tertiary alicyclic amines) is 1. The Kier molecular flexibility index (Phi) is 6.84. The molecule has 3 nitrogen and oxygen atoms in total. The normalized spacial score (nSPS) is 20.6. The molecular weight excluding hydrogens is 497 g/mol. The summed E-state index contributed by atoms with van der Waals surface area (Å²) in [5, 5.41) is 8.95. The Hall–Kier alpha value is -3.37. The zero-order valence-electron chi connectivity index (χ0n) is 20.3. The van der Waals surface area contributed by atoms with Crippen LogP contribution in [-0.4, -0.2) is 23.7 Å². The molecular formula is C32H27Cl2N3. The van der Waals surface area contributed by atoms with Gasteiger partial charge in [0.05, 0.1) is 17.4 Å². The lowest BCUT2D eigenvalue weighted by Gasteiger charge is -2.37. The van der Waals surface area contributed by atoms with Crippen LogP contribution < -0.4 is 5.01 Å². The van der Waals surface area contributed by atoms with Crippen LogP contribution in [-0.2, 0) is 6.54 Å². The van der Waals surface area contributed by atoms with Crippen molar-refractivity contribution in [2.45, 2.75) is 12.6 Å². The first-order chi connectivity index (χ1) is 18.2. The summed E-state index contributed by atoms with van der Waals surface area (Å²) in [5.41, 5.74) is 6.76. The minimum atomic E-state index is -0.0145. The van der Waals surface area contributed by atoms with E-state index in [0.29, 0.717) is 0 Å². The fourth-order valence-corrected chi connectivity index (χ4v) is 5.89. The molecule has 0 amide bonds. The van der Waals surface area contributed by atoms with E-state index in [1.807, 2.05) is 36.4 Å². The van der Waals surface area contributed by atoms with E-state index in [-0.39, 0.29) is 12.0 Å². The number of para-hydroxylation sites is 1. The minimum absolute atomic E-state index is 0.0145. The summed E-state index contributed by atoms with van der Waals surface area (Å²) in [6.45, 7) is 2.55. The molecule has 2 aliphatic rings. The molecule has 2 heterocycles. The fourth-order valence-electron chi connectivity index (χ4n) is 5.45. The molecule has 0 aromatic heterocycles. The monoisotopic (exact) mass is 523 g/mol. The second-order valence-electron chi connectivity index (χ2n) is 9.58. The number of benzene rings is 4. The van der Waals surface area contributed by atoms with Gasteiger partial charge in [0.1, 0.15) is 0 Å². The van der Waals surface area contributed by atoms with Crippen LogP contribution in [0.3, 0.4) is 0 Å². The van der Waals surface area contributed by atoms with Crippen molar-refractivity contribution in [3.8, 4) is 0 Å². The van der Waals surface area contributed by atoms with Crippen LogP contribution in [0.25, 0.3) is 6.08 Å². The van der Waals surface area contributed by atoms with E-state index in [0.717, 1.165) is 52.2 Å². The van der Waals surface area contributed by atoms with Crippen LogP contribution in [0.4, 0.5) is 5.69 Å². The van der Waals surface area contributed by atoms with Crippen molar-refractivity contribution in [3.63, 3.8) is 0 Å². The van der Waals surface area contributed by atoms with E-state index in [2.05, 4.69) is 88.8 Å². The van der Waals surface area contributed by atoms with E-state index < -0.39 is 0 Å². The highest BCUT2D eigenvalue weighted by Crippen LogP contribution is 2.45. The van der Waals surface area contributed by atoms with E-state index in [4.69, 9.17) is 28.3 Å². The maximum absolute atomic E-state index is 6.82. The lowest BCUT2D eigenvalue weighted by atomic mass is 9.82. The molecule has 4 aromatic rings. The summed E-state index contributed by atoms with van der Waals surface area (Å²) in [6, 6.07) is 37.2. The number of hydrazone groups is 1. The lowest BCUT2D eigenvalue weighted by molar-refractivity contribution is 0.245. The third-order valence-corrected chi connectivity index (χ3v) is 7.81. The van der Waals surface area contributed by atoms with Crippen molar-refractivity contribution in [1.29, 1.82) is 0 Å². The zero-order valence-corrected chi connectivity index (χ0v) is 21.9. The maximum Gasteiger partial charge on any atom is 0.0886 e. The van der Waals surface area contributed by atoms with Crippen LogP contribution in [0.15, 0.2) is 120 Å². The highest BCUT2D eigenvalue weighted by atomic mass is 35.5. The molecule has 184 valence electrons. The summed E-state index contributed by atoms with van der Waals surface area (Å²) >= 11 is 13.4. The van der Waals surface area contributed by atoms with Crippen molar-refractivity contribution in [1.82, 2.24) is 4.90 Å². The van der Waals surface area contributed by atoms with Gasteiger partial charge in [0.25, 0.3) is 0 Å². The molecule has 2 aliphatic heterocycles. The van der Waals surface area contributed by atoms with E-state index in [9.17, 15) is 0 Å². The summed E-state index contributed by atoms with van der Waals surface area (Å²) in [5.74, 6) is 0.145. The van der Waals surface area contributed by atoms with Gasteiger partial charge in [-0.25, -0.2) is 0 Å². The Morgan fingerprint density at radius 3 is 2.14 bits per heavy atom. The van der Waals surface area contributed by atoms with Gasteiger partial charge in [-0.15, -0.1) is 0 Å². The predicted octanol–water partition coefficient (Wildman–Crippen LogP) is 8.13. The van der Waals surface area contributed by atoms with Crippen molar-refractivity contribution < 1.29 is 0 Å². The first-order valence-corrected chi connectivity index (χ1v) is 13.3. The SMILES string of the molecule is Clc1ccccc1C=C1CN(Cc2ccccc2)CC2C1=NN(c1ccccc1)C2c1ccccc1Cl. The molecule has 0 N–H and O–H groups in total. The molecule has 0 saturated carbocycles. The Labute approximate surface area is 228 Å². The molecule has 0 radical (unpaired) electrons. The first-order valence-electron chi connectivity index (χ1n) is 12.6. The van der Waals surface area contributed by atoms with Crippen molar-refractivity contribution >= 4 is 40.7 Å². The largest absolute Gasteiger partial charge is 0.294 e. The molecule has 1 saturated heterocycles. The molecule has 6 rings (SSSR count). The van der Waals surface area contributed by atoms with Gasteiger partial charge in [-0.05, 0) is 52.6 Å². The van der Waals surface area contributed by atoms with Gasteiger partial charge in [0, 0.05) is 35.6 Å². The molecule has 5 heteroatoms. The highest BCUT2D eigenvalue weighted by Gasteiger charge is 2.44. The smallest absolute Gasteiger partial charge is 0.0886 e. The number of nitrogens with zero attached hydrogens (tertiary/aromatic N) is 3. The molecule has 2 unspecified atom stereocenters. The number of anilines is 1. The predicted molar refractivity (Wildman–Crippen MR) is 155 cm³/mol. The molecule has 2 atom stereocenters. The molecule has 4 aromatic carbocycles. The van der Waals surface area contributed by atoms with Crippen LogP contribution in [0.2, 0.25) is 10.0 Å². The molecule has 0 aliphatic carbocycles. The second kappa shape index (κ2) is 10.5.